The van der Waals surface area contributed by atoms with E-state index in [4.69, 9.17) is 0 Å². The maximum atomic E-state index is 14.6. The van der Waals surface area contributed by atoms with Gasteiger partial charge in [-0.3, -0.25) is 0 Å². The normalized spacial score (nSPS) is 14.9. The van der Waals surface area contributed by atoms with Crippen molar-refractivity contribution in [3.05, 3.63) is 42.2 Å². The average molecular weight is 898 g/mol. The van der Waals surface area contributed by atoms with Gasteiger partial charge in [0.05, 0.1) is 0 Å². The van der Waals surface area contributed by atoms with E-state index in [1.54, 1.807) is 4.74 Å². The summed E-state index contributed by atoms with van der Waals surface area (Å²) in [5, 5.41) is 0. The van der Waals surface area contributed by atoms with Gasteiger partial charge in [-0.25, -0.2) is 19.4 Å². The molecule has 1 aromatic heterocycles. The molecule has 0 saturated heterocycles. The molecule has 0 N–H and O–H groups in total. The summed E-state index contributed by atoms with van der Waals surface area (Å²) in [6.45, 7) is -1.06. The molecule has 1 heterocycles. The number of nitrogens with zero attached hydrogens (tertiary/aromatic N) is 2. The van der Waals surface area contributed by atoms with Gasteiger partial charge in [0.15, 0.2) is 12.4 Å². The maximum absolute atomic E-state index is 14.6. The van der Waals surface area contributed by atoms with E-state index in [9.17, 15) is 101 Å². The number of ether oxygens (including phenoxy) is 3. The molecule has 28 heteroatoms. The summed E-state index contributed by atoms with van der Waals surface area (Å²) in [7, 11) is 0. The van der Waals surface area contributed by atoms with Crippen molar-refractivity contribution in [3.63, 3.8) is 0 Å². The minimum Gasteiger partial charge on any atom is -0.487 e. The molecule has 2 rings (SSSR count). The molecule has 0 amide bonds. The molecular weight excluding hydrogens is 873 g/mol. The van der Waals surface area contributed by atoms with Crippen molar-refractivity contribution < 1.29 is 115 Å². The lowest BCUT2D eigenvalue weighted by Crippen LogP contribution is -2.71. The molecule has 58 heavy (non-hydrogen) atoms. The highest BCUT2D eigenvalue weighted by Crippen LogP contribution is 2.62. The topological polar surface area (TPSA) is 53.5 Å². The van der Waals surface area contributed by atoms with Crippen molar-refractivity contribution in [2.75, 3.05) is 6.61 Å². The van der Waals surface area contributed by atoms with Gasteiger partial charge in [-0.1, -0.05) is 39.0 Å². The summed E-state index contributed by atoms with van der Waals surface area (Å²) in [5.41, 5.74) is 0.0745. The molecule has 1 aromatic carbocycles. The zero-order chi connectivity index (χ0) is 45.2. The number of aryl methyl sites for hydroxylation is 1. The van der Waals surface area contributed by atoms with Gasteiger partial charge < -0.3 is 4.74 Å². The lowest BCUT2D eigenvalue weighted by atomic mass is 9.97. The molecule has 2 aromatic rings. The van der Waals surface area contributed by atoms with Crippen LogP contribution in [-0.2, 0) is 15.9 Å². The average Bonchev–Trinajstić information content (AvgIpc) is 3.07. The summed E-state index contributed by atoms with van der Waals surface area (Å²) in [4.78, 5) is 7.82. The highest BCUT2D eigenvalue weighted by Gasteiger charge is 2.92. The SMILES string of the molecule is CCCCCCCCc1cc(-c2ncccn2)ccc1OCC(F)(F)C(F)(F)C(F)(F)OC(F)(F)C(F)(F)OC(F)(F)C(F)(F)C(F)(F)C(F)(F)C(F)(F)C(F)(F)F. The van der Waals surface area contributed by atoms with Crippen LogP contribution in [0.5, 0.6) is 5.75 Å². The molecule has 0 saturated carbocycles. The van der Waals surface area contributed by atoms with Crippen LogP contribution in [0.3, 0.4) is 0 Å². The lowest BCUT2D eigenvalue weighted by Gasteiger charge is -2.40. The van der Waals surface area contributed by atoms with Gasteiger partial charge in [-0.05, 0) is 42.7 Å². The van der Waals surface area contributed by atoms with Crippen LogP contribution in [0.4, 0.5) is 101 Å². The minimum absolute atomic E-state index is 0.0183. The summed E-state index contributed by atoms with van der Waals surface area (Å²) < 4.78 is 320. The monoisotopic (exact) mass is 898 g/mol. The van der Waals surface area contributed by atoms with Gasteiger partial charge in [0.1, 0.15) is 5.75 Å². The Kier molecular flexibility index (Phi) is 14.7. The number of aromatic nitrogens is 2. The Morgan fingerprint density at radius 2 is 0.948 bits per heavy atom. The van der Waals surface area contributed by atoms with Crippen LogP contribution in [0, 0.1) is 0 Å². The van der Waals surface area contributed by atoms with E-state index in [-0.39, 0.29) is 29.8 Å². The summed E-state index contributed by atoms with van der Waals surface area (Å²) in [5.74, 6) is -49.8. The first-order valence-corrected chi connectivity index (χ1v) is 15.7. The Morgan fingerprint density at radius 1 is 0.500 bits per heavy atom. The highest BCUT2D eigenvalue weighted by molar-refractivity contribution is 5.58. The first kappa shape index (κ1) is 50.6. The Labute approximate surface area is 309 Å². The molecule has 334 valence electrons. The number of rotatable bonds is 22. The summed E-state index contributed by atoms with van der Waals surface area (Å²) in [6.07, 6.45) is -34.4. The zero-order valence-corrected chi connectivity index (χ0v) is 28.4. The molecule has 0 aliphatic heterocycles. The molecule has 0 unspecified atom stereocenters. The maximum Gasteiger partial charge on any atom is 0.460 e. The molecule has 0 aliphatic rings. The van der Waals surface area contributed by atoms with Gasteiger partial charge >= 0.3 is 66.1 Å². The van der Waals surface area contributed by atoms with Gasteiger partial charge in [0, 0.05) is 18.0 Å². The fourth-order valence-electron chi connectivity index (χ4n) is 4.39. The third-order valence-electron chi connectivity index (χ3n) is 7.67. The van der Waals surface area contributed by atoms with Crippen LogP contribution >= 0.6 is 0 Å². The van der Waals surface area contributed by atoms with Crippen molar-refractivity contribution in [1.29, 1.82) is 0 Å². The fraction of sp³-hybridized carbons (Fsp3) is 0.667. The van der Waals surface area contributed by atoms with Crippen LogP contribution < -0.4 is 4.74 Å². The Hall–Kier alpha value is -3.59. The number of hydrogen-bond acceptors (Lipinski definition) is 5. The van der Waals surface area contributed by atoms with Gasteiger partial charge in [-0.15, -0.1) is 0 Å². The second-order valence-electron chi connectivity index (χ2n) is 12.0. The smallest absolute Gasteiger partial charge is 0.460 e. The van der Waals surface area contributed by atoms with Crippen molar-refractivity contribution in [3.8, 4) is 17.1 Å². The third-order valence-corrected chi connectivity index (χ3v) is 7.67. The van der Waals surface area contributed by atoms with E-state index in [1.807, 2.05) is 6.92 Å². The van der Waals surface area contributed by atoms with E-state index >= 15 is 0 Å². The van der Waals surface area contributed by atoms with Gasteiger partial charge in [0.25, 0.3) is 0 Å². The number of halogens is 23. The van der Waals surface area contributed by atoms with Crippen LogP contribution in [0.2, 0.25) is 0 Å². The van der Waals surface area contributed by atoms with Crippen molar-refractivity contribution in [1.82, 2.24) is 9.97 Å². The molecule has 0 aliphatic carbocycles. The van der Waals surface area contributed by atoms with Crippen molar-refractivity contribution >= 4 is 0 Å². The molecule has 0 spiro atoms. The number of alkyl halides is 23. The summed E-state index contributed by atoms with van der Waals surface area (Å²) >= 11 is 0. The standard InChI is InChI=1S/C30H25F23N2O3/c1-2-3-4-5-6-7-9-16-14-17(19-54-12-8-13-55-19)10-11-18(16)56-15-20(31,32)21(33,34)27(46,47)57-29(50,51)30(52,53)58-28(48,49)25(41,42)23(37,38)22(35,36)24(39,40)26(43,44)45/h8,10-14H,2-7,9,15H2,1H3. The Morgan fingerprint density at radius 3 is 1.43 bits per heavy atom. The van der Waals surface area contributed by atoms with E-state index < -0.39 is 78.5 Å². The van der Waals surface area contributed by atoms with E-state index in [0.29, 0.717) is 12.8 Å². The largest absolute Gasteiger partial charge is 0.487 e. The Bertz CT molecular complexity index is 1650. The quantitative estimate of drug-likeness (QED) is 0.0870. The molecule has 0 radical (unpaired) electrons. The highest BCUT2D eigenvalue weighted by atomic mass is 19.4. The first-order chi connectivity index (χ1) is 25.9. The van der Waals surface area contributed by atoms with Crippen LogP contribution in [0.15, 0.2) is 36.7 Å². The van der Waals surface area contributed by atoms with Gasteiger partial charge in [0.2, 0.25) is 0 Å². The number of unbranched alkanes of at least 4 members (excludes halogenated alkanes) is 5. The molecule has 0 bridgehead atoms. The number of hydrogen-bond donors (Lipinski definition) is 0. The van der Waals surface area contributed by atoms with E-state index in [2.05, 4.69) is 14.7 Å². The second-order valence-corrected chi connectivity index (χ2v) is 12.0. The minimum atomic E-state index is -8.93. The molecule has 0 atom stereocenters. The predicted octanol–water partition coefficient (Wildman–Crippen LogP) is 12.2. The van der Waals surface area contributed by atoms with Crippen LogP contribution in [0.1, 0.15) is 51.0 Å². The predicted molar refractivity (Wildman–Crippen MR) is 148 cm³/mol. The Balaban J connectivity index is 2.38. The lowest BCUT2D eigenvalue weighted by molar-refractivity contribution is -0.556. The number of benzene rings is 1. The van der Waals surface area contributed by atoms with Crippen molar-refractivity contribution in [2.45, 2.75) is 118 Å². The second kappa shape index (κ2) is 16.8. The van der Waals surface area contributed by atoms with Crippen molar-refractivity contribution in [2.24, 2.45) is 0 Å². The molecular formula is C30H25F23N2O3. The fourth-order valence-corrected chi connectivity index (χ4v) is 4.39. The van der Waals surface area contributed by atoms with E-state index in [1.165, 1.54) is 29.3 Å². The first-order valence-electron chi connectivity index (χ1n) is 15.7. The van der Waals surface area contributed by atoms with Gasteiger partial charge in [-0.2, -0.15) is 101 Å². The summed E-state index contributed by atoms with van der Waals surface area (Å²) in [6, 6.07) is 4.43. The molecule has 0 fully saturated rings. The van der Waals surface area contributed by atoms with Crippen LogP contribution in [0.25, 0.3) is 11.4 Å². The van der Waals surface area contributed by atoms with E-state index in [0.717, 1.165) is 31.4 Å². The molecule has 5 nitrogen and oxygen atoms in total. The third kappa shape index (κ3) is 9.71. The zero-order valence-electron chi connectivity index (χ0n) is 28.4. The van der Waals surface area contributed by atoms with Crippen LogP contribution in [-0.4, -0.2) is 82.7 Å².